The van der Waals surface area contributed by atoms with Crippen molar-refractivity contribution in [3.63, 3.8) is 0 Å². The van der Waals surface area contributed by atoms with Crippen molar-refractivity contribution in [2.75, 3.05) is 24.3 Å². The van der Waals surface area contributed by atoms with Crippen LogP contribution in [0, 0.1) is 5.92 Å². The fourth-order valence-electron chi connectivity index (χ4n) is 2.85. The fourth-order valence-corrected chi connectivity index (χ4v) is 3.58. The van der Waals surface area contributed by atoms with E-state index in [9.17, 15) is 24.3 Å². The maximum atomic E-state index is 12.7. The quantitative estimate of drug-likeness (QED) is 0.107. The summed E-state index contributed by atoms with van der Waals surface area (Å²) in [7, 11) is 0. The predicted molar refractivity (Wildman–Crippen MR) is 131 cm³/mol. The molecular weight excluding hydrogens is 454 g/mol. The van der Waals surface area contributed by atoms with Crippen molar-refractivity contribution in [1.29, 1.82) is 0 Å². The number of carbonyl (C=O) groups is 4. The summed E-state index contributed by atoms with van der Waals surface area (Å²) >= 11 is 5.61. The molecule has 0 rings (SSSR count). The number of aliphatic carboxylic acids is 1. The first-order valence-electron chi connectivity index (χ1n) is 10.8. The van der Waals surface area contributed by atoms with Crippen LogP contribution in [0.3, 0.4) is 0 Å². The Morgan fingerprint density at radius 3 is 2.00 bits per heavy atom. The highest BCUT2D eigenvalue weighted by Gasteiger charge is 2.30. The summed E-state index contributed by atoms with van der Waals surface area (Å²) in [6.45, 7) is 4.27. The van der Waals surface area contributed by atoms with Crippen LogP contribution in [0.5, 0.6) is 0 Å². The zero-order valence-corrected chi connectivity index (χ0v) is 20.8. The number of hydrogen-bond donors (Lipinski definition) is 7. The summed E-state index contributed by atoms with van der Waals surface area (Å²) in [6.07, 6.45) is 4.30. The zero-order chi connectivity index (χ0) is 24.7. The van der Waals surface area contributed by atoms with E-state index in [0.717, 1.165) is 6.42 Å². The first-order valence-corrected chi connectivity index (χ1v) is 12.8. The Hall–Kier alpha value is -1.50. The molecule has 0 saturated carbocycles. The van der Waals surface area contributed by atoms with Crippen molar-refractivity contribution < 1.29 is 24.3 Å². The topological polar surface area (TPSA) is 177 Å². The first kappa shape index (κ1) is 30.5. The summed E-state index contributed by atoms with van der Waals surface area (Å²) in [5.41, 5.74) is 11.3. The van der Waals surface area contributed by atoms with Crippen molar-refractivity contribution in [2.45, 2.75) is 70.1 Å². The SMILES string of the molecule is CSCCC(NC(=O)C(CC(C)C)NC(=O)C(CS)NC(=O)C(N)CCCCN)C(=O)O. The van der Waals surface area contributed by atoms with Gasteiger partial charge in [0.1, 0.15) is 18.1 Å². The molecule has 0 radical (unpaired) electrons. The van der Waals surface area contributed by atoms with E-state index >= 15 is 0 Å². The minimum atomic E-state index is -1.13. The molecule has 0 bridgehead atoms. The van der Waals surface area contributed by atoms with E-state index in [4.69, 9.17) is 11.5 Å². The van der Waals surface area contributed by atoms with E-state index in [-0.39, 0.29) is 18.1 Å². The number of carboxylic acid groups (broad SMARTS) is 1. The average Bonchev–Trinajstić information content (AvgIpc) is 2.73. The second kappa shape index (κ2) is 17.0. The van der Waals surface area contributed by atoms with Crippen molar-refractivity contribution >= 4 is 48.1 Å². The Labute approximate surface area is 200 Å². The lowest BCUT2D eigenvalue weighted by Crippen LogP contribution is -2.57. The van der Waals surface area contributed by atoms with Gasteiger partial charge < -0.3 is 32.5 Å². The molecule has 10 nitrogen and oxygen atoms in total. The number of carboxylic acids is 1. The monoisotopic (exact) mass is 493 g/mol. The van der Waals surface area contributed by atoms with Gasteiger partial charge in [0.05, 0.1) is 6.04 Å². The van der Waals surface area contributed by atoms with Crippen LogP contribution in [-0.4, -0.2) is 77.3 Å². The smallest absolute Gasteiger partial charge is 0.326 e. The largest absolute Gasteiger partial charge is 0.480 e. The summed E-state index contributed by atoms with van der Waals surface area (Å²) in [6, 6.07) is -3.76. The molecule has 0 fully saturated rings. The van der Waals surface area contributed by atoms with E-state index in [2.05, 4.69) is 28.6 Å². The molecule has 0 aliphatic heterocycles. The van der Waals surface area contributed by atoms with E-state index in [1.54, 1.807) is 0 Å². The number of nitrogens with two attached hydrogens (primary N) is 2. The predicted octanol–water partition coefficient (Wildman–Crippen LogP) is -0.289. The molecule has 8 N–H and O–H groups in total. The first-order chi connectivity index (χ1) is 15.1. The van der Waals surface area contributed by atoms with Crippen molar-refractivity contribution in [1.82, 2.24) is 16.0 Å². The number of unbranched alkanes of at least 4 members (excludes halogenated alkanes) is 1. The molecule has 0 aromatic heterocycles. The minimum absolute atomic E-state index is 0.00852. The molecule has 3 amide bonds. The molecule has 186 valence electrons. The molecule has 0 aromatic carbocycles. The number of thioether (sulfide) groups is 1. The Balaban J connectivity index is 5.13. The van der Waals surface area contributed by atoms with Crippen LogP contribution >= 0.6 is 24.4 Å². The fraction of sp³-hybridized carbons (Fsp3) is 0.800. The van der Waals surface area contributed by atoms with Crippen LogP contribution in [-0.2, 0) is 19.2 Å². The number of nitrogens with one attached hydrogen (secondary N) is 3. The number of carbonyl (C=O) groups excluding carboxylic acids is 3. The maximum absolute atomic E-state index is 12.7. The van der Waals surface area contributed by atoms with Gasteiger partial charge in [0.2, 0.25) is 17.7 Å². The normalized spacial score (nSPS) is 14.8. The van der Waals surface area contributed by atoms with Gasteiger partial charge in [0, 0.05) is 5.75 Å². The van der Waals surface area contributed by atoms with Crippen LogP contribution < -0.4 is 27.4 Å². The molecular formula is C20H39N5O5S2. The molecule has 12 heteroatoms. The van der Waals surface area contributed by atoms with Crippen molar-refractivity contribution in [3.8, 4) is 0 Å². The van der Waals surface area contributed by atoms with Crippen LogP contribution in [0.15, 0.2) is 0 Å². The molecule has 4 atom stereocenters. The molecule has 0 aliphatic rings. The minimum Gasteiger partial charge on any atom is -0.480 e. The molecule has 0 saturated heterocycles. The number of amides is 3. The Morgan fingerprint density at radius 1 is 0.938 bits per heavy atom. The summed E-state index contributed by atoms with van der Waals surface area (Å²) < 4.78 is 0. The second-order valence-corrected chi connectivity index (χ2v) is 9.36. The molecule has 0 spiro atoms. The highest BCUT2D eigenvalue weighted by molar-refractivity contribution is 7.98. The number of thiol groups is 1. The van der Waals surface area contributed by atoms with Gasteiger partial charge in [-0.2, -0.15) is 24.4 Å². The highest BCUT2D eigenvalue weighted by Crippen LogP contribution is 2.08. The lowest BCUT2D eigenvalue weighted by atomic mass is 10.0. The number of hydrogen-bond acceptors (Lipinski definition) is 8. The van der Waals surface area contributed by atoms with Gasteiger partial charge in [-0.1, -0.05) is 20.3 Å². The van der Waals surface area contributed by atoms with E-state index < -0.39 is 47.9 Å². The van der Waals surface area contributed by atoms with Gasteiger partial charge in [-0.05, 0) is 50.2 Å². The lowest BCUT2D eigenvalue weighted by molar-refractivity contribution is -0.142. The maximum Gasteiger partial charge on any atom is 0.326 e. The molecule has 0 aromatic rings. The van der Waals surface area contributed by atoms with E-state index in [1.807, 2.05) is 20.1 Å². The Bertz CT molecular complexity index is 609. The Morgan fingerprint density at radius 2 is 1.50 bits per heavy atom. The number of rotatable bonds is 17. The third-order valence-electron chi connectivity index (χ3n) is 4.69. The van der Waals surface area contributed by atoms with Gasteiger partial charge >= 0.3 is 5.97 Å². The van der Waals surface area contributed by atoms with E-state index in [0.29, 0.717) is 31.6 Å². The molecule has 0 heterocycles. The lowest BCUT2D eigenvalue weighted by Gasteiger charge is -2.25. The third-order valence-corrected chi connectivity index (χ3v) is 5.70. The van der Waals surface area contributed by atoms with Crippen LogP contribution in [0.4, 0.5) is 0 Å². The van der Waals surface area contributed by atoms with Gasteiger partial charge in [-0.25, -0.2) is 4.79 Å². The van der Waals surface area contributed by atoms with E-state index in [1.165, 1.54) is 11.8 Å². The molecule has 0 aliphatic carbocycles. The van der Waals surface area contributed by atoms with Crippen LogP contribution in [0.1, 0.15) is 46.0 Å². The molecule has 32 heavy (non-hydrogen) atoms. The van der Waals surface area contributed by atoms with Crippen LogP contribution in [0.25, 0.3) is 0 Å². The second-order valence-electron chi connectivity index (χ2n) is 8.01. The highest BCUT2D eigenvalue weighted by atomic mass is 32.2. The van der Waals surface area contributed by atoms with Crippen molar-refractivity contribution in [3.05, 3.63) is 0 Å². The Kier molecular flexibility index (Phi) is 16.2. The summed E-state index contributed by atoms with van der Waals surface area (Å²) in [4.78, 5) is 49.3. The summed E-state index contributed by atoms with van der Waals surface area (Å²) in [5.74, 6) is -2.15. The van der Waals surface area contributed by atoms with Gasteiger partial charge in [0.25, 0.3) is 0 Å². The van der Waals surface area contributed by atoms with Gasteiger partial charge in [-0.3, -0.25) is 14.4 Å². The van der Waals surface area contributed by atoms with Gasteiger partial charge in [0.15, 0.2) is 0 Å². The zero-order valence-electron chi connectivity index (χ0n) is 19.1. The average molecular weight is 494 g/mol. The van der Waals surface area contributed by atoms with Crippen molar-refractivity contribution in [2.24, 2.45) is 17.4 Å². The molecule has 4 unspecified atom stereocenters. The van der Waals surface area contributed by atoms with Crippen LogP contribution in [0.2, 0.25) is 0 Å². The van der Waals surface area contributed by atoms with Gasteiger partial charge in [-0.15, -0.1) is 0 Å². The summed E-state index contributed by atoms with van der Waals surface area (Å²) in [5, 5.41) is 17.1. The third kappa shape index (κ3) is 12.5. The standard InChI is InChI=1S/C20H39N5O5S2/c1-12(2)10-15(18(27)23-14(20(29)30)7-9-32-3)24-19(28)16(11-31)25-17(26)13(22)6-4-5-8-21/h12-16,31H,4-11,21-22H2,1-3H3,(H,23,27)(H,24,28)(H,25,26)(H,29,30).